The molecule has 5 nitrogen and oxygen atoms in total. The fraction of sp³-hybridized carbons (Fsp3) is 0.500. The van der Waals surface area contributed by atoms with E-state index in [1.807, 2.05) is 48.9 Å². The van der Waals surface area contributed by atoms with Crippen LogP contribution in [-0.4, -0.2) is 28.8 Å². The van der Waals surface area contributed by atoms with E-state index < -0.39 is 0 Å². The van der Waals surface area contributed by atoms with Crippen LogP contribution in [0.2, 0.25) is 0 Å². The Morgan fingerprint density at radius 1 is 1.24 bits per heavy atom. The molecule has 0 saturated carbocycles. The van der Waals surface area contributed by atoms with Crippen molar-refractivity contribution in [3.8, 4) is 5.75 Å². The molecular formula is C20H29N3O2. The van der Waals surface area contributed by atoms with E-state index in [0.717, 1.165) is 35.7 Å². The van der Waals surface area contributed by atoms with E-state index in [-0.39, 0.29) is 5.91 Å². The third kappa shape index (κ3) is 5.93. The van der Waals surface area contributed by atoms with Crippen molar-refractivity contribution in [1.82, 2.24) is 15.1 Å². The van der Waals surface area contributed by atoms with Crippen LogP contribution in [0.5, 0.6) is 5.75 Å². The molecule has 136 valence electrons. The molecule has 1 aromatic carbocycles. The quantitative estimate of drug-likeness (QED) is 0.711. The van der Waals surface area contributed by atoms with Crippen LogP contribution in [0.1, 0.15) is 37.2 Å². The zero-order valence-electron chi connectivity index (χ0n) is 15.7. The molecule has 0 radical (unpaired) electrons. The summed E-state index contributed by atoms with van der Waals surface area (Å²) in [6, 6.07) is 9.71. The van der Waals surface area contributed by atoms with Gasteiger partial charge in [-0.15, -0.1) is 0 Å². The van der Waals surface area contributed by atoms with E-state index in [4.69, 9.17) is 4.74 Å². The topological polar surface area (TPSA) is 56.2 Å². The highest BCUT2D eigenvalue weighted by atomic mass is 16.5. The number of benzene rings is 1. The SMILES string of the molecule is Cc1nn(CC(C)C)c(C)c1CC(=O)NCCCOc1ccccc1. The normalized spacial score (nSPS) is 10.9. The first-order valence-corrected chi connectivity index (χ1v) is 8.94. The lowest BCUT2D eigenvalue weighted by atomic mass is 10.1. The van der Waals surface area contributed by atoms with Gasteiger partial charge in [0.2, 0.25) is 5.91 Å². The third-order valence-corrected chi connectivity index (χ3v) is 4.06. The van der Waals surface area contributed by atoms with Gasteiger partial charge in [-0.05, 0) is 38.3 Å². The molecule has 1 amide bonds. The van der Waals surface area contributed by atoms with Gasteiger partial charge >= 0.3 is 0 Å². The van der Waals surface area contributed by atoms with Crippen LogP contribution in [0.25, 0.3) is 0 Å². The Bertz CT molecular complexity index is 678. The molecule has 1 heterocycles. The Hall–Kier alpha value is -2.30. The molecule has 5 heteroatoms. The summed E-state index contributed by atoms with van der Waals surface area (Å²) in [5.74, 6) is 1.43. The third-order valence-electron chi connectivity index (χ3n) is 4.06. The molecule has 0 fully saturated rings. The summed E-state index contributed by atoms with van der Waals surface area (Å²) in [5.41, 5.74) is 3.08. The number of rotatable bonds is 9. The number of ether oxygens (including phenoxy) is 1. The summed E-state index contributed by atoms with van der Waals surface area (Å²) >= 11 is 0. The second-order valence-corrected chi connectivity index (χ2v) is 6.77. The maximum absolute atomic E-state index is 12.2. The number of aryl methyl sites for hydroxylation is 1. The highest BCUT2D eigenvalue weighted by Crippen LogP contribution is 2.15. The Kier molecular flexibility index (Phi) is 7.04. The first-order valence-electron chi connectivity index (χ1n) is 8.94. The van der Waals surface area contributed by atoms with Crippen molar-refractivity contribution >= 4 is 5.91 Å². The lowest BCUT2D eigenvalue weighted by Gasteiger charge is -2.09. The average Bonchev–Trinajstić information content (AvgIpc) is 2.82. The summed E-state index contributed by atoms with van der Waals surface area (Å²) in [6.07, 6.45) is 1.17. The molecule has 1 aromatic heterocycles. The lowest BCUT2D eigenvalue weighted by molar-refractivity contribution is -0.120. The Morgan fingerprint density at radius 3 is 2.64 bits per heavy atom. The molecule has 25 heavy (non-hydrogen) atoms. The Morgan fingerprint density at radius 2 is 1.96 bits per heavy atom. The van der Waals surface area contributed by atoms with Gasteiger partial charge in [-0.25, -0.2) is 0 Å². The van der Waals surface area contributed by atoms with E-state index in [9.17, 15) is 4.79 Å². The second kappa shape index (κ2) is 9.25. The molecule has 0 bridgehead atoms. The summed E-state index contributed by atoms with van der Waals surface area (Å²) in [4.78, 5) is 12.2. The molecule has 0 atom stereocenters. The van der Waals surface area contributed by atoms with Crippen LogP contribution in [0.15, 0.2) is 30.3 Å². The fourth-order valence-corrected chi connectivity index (χ4v) is 2.74. The van der Waals surface area contributed by atoms with Gasteiger partial charge in [0.25, 0.3) is 0 Å². The van der Waals surface area contributed by atoms with Crippen LogP contribution in [0.3, 0.4) is 0 Å². The zero-order chi connectivity index (χ0) is 18.2. The van der Waals surface area contributed by atoms with Crippen molar-refractivity contribution in [3.05, 3.63) is 47.3 Å². The van der Waals surface area contributed by atoms with Crippen LogP contribution >= 0.6 is 0 Å². The van der Waals surface area contributed by atoms with E-state index in [2.05, 4.69) is 24.3 Å². The predicted molar refractivity (Wildman–Crippen MR) is 99.8 cm³/mol. The number of hydrogen-bond donors (Lipinski definition) is 1. The van der Waals surface area contributed by atoms with Crippen molar-refractivity contribution in [2.45, 2.75) is 47.1 Å². The maximum atomic E-state index is 12.2. The molecule has 2 rings (SSSR count). The van der Waals surface area contributed by atoms with Gasteiger partial charge in [-0.3, -0.25) is 9.48 Å². The van der Waals surface area contributed by atoms with E-state index in [1.54, 1.807) is 0 Å². The summed E-state index contributed by atoms with van der Waals surface area (Å²) < 4.78 is 7.63. The number of para-hydroxylation sites is 1. The zero-order valence-corrected chi connectivity index (χ0v) is 15.7. The molecular weight excluding hydrogens is 314 g/mol. The summed E-state index contributed by atoms with van der Waals surface area (Å²) in [5, 5.41) is 7.53. The molecule has 1 N–H and O–H groups in total. The summed E-state index contributed by atoms with van der Waals surface area (Å²) in [7, 11) is 0. The minimum atomic E-state index is 0.0370. The van der Waals surface area contributed by atoms with Gasteiger partial charge in [0.05, 0.1) is 18.7 Å². The molecule has 0 unspecified atom stereocenters. The van der Waals surface area contributed by atoms with Crippen molar-refractivity contribution in [2.75, 3.05) is 13.2 Å². The maximum Gasteiger partial charge on any atom is 0.224 e. The molecule has 0 spiro atoms. The first-order chi connectivity index (χ1) is 12.0. The average molecular weight is 343 g/mol. The van der Waals surface area contributed by atoms with Gasteiger partial charge in [0.1, 0.15) is 5.75 Å². The van der Waals surface area contributed by atoms with Crippen LogP contribution in [0.4, 0.5) is 0 Å². The smallest absolute Gasteiger partial charge is 0.224 e. The van der Waals surface area contributed by atoms with Crippen molar-refractivity contribution in [1.29, 1.82) is 0 Å². The standard InChI is InChI=1S/C20H29N3O2/c1-15(2)14-23-17(4)19(16(3)22-23)13-20(24)21-11-8-12-25-18-9-6-5-7-10-18/h5-7,9-10,15H,8,11-14H2,1-4H3,(H,21,24). The van der Waals surface area contributed by atoms with Gasteiger partial charge < -0.3 is 10.1 Å². The number of carbonyl (C=O) groups excluding carboxylic acids is 1. The lowest BCUT2D eigenvalue weighted by Crippen LogP contribution is -2.27. The Balaban J connectivity index is 1.74. The molecule has 0 aliphatic heterocycles. The number of nitrogens with one attached hydrogen (secondary N) is 1. The van der Waals surface area contributed by atoms with Crippen LogP contribution in [-0.2, 0) is 17.8 Å². The van der Waals surface area contributed by atoms with E-state index >= 15 is 0 Å². The van der Waals surface area contributed by atoms with Crippen LogP contribution in [0, 0.1) is 19.8 Å². The van der Waals surface area contributed by atoms with E-state index in [1.165, 1.54) is 0 Å². The number of nitrogens with zero attached hydrogens (tertiary/aromatic N) is 2. The largest absolute Gasteiger partial charge is 0.494 e. The first kappa shape index (κ1) is 19.0. The molecule has 2 aromatic rings. The number of amides is 1. The van der Waals surface area contributed by atoms with Gasteiger partial charge in [-0.1, -0.05) is 32.0 Å². The van der Waals surface area contributed by atoms with Crippen molar-refractivity contribution in [2.24, 2.45) is 5.92 Å². The fourth-order valence-electron chi connectivity index (χ4n) is 2.74. The van der Waals surface area contributed by atoms with Crippen LogP contribution < -0.4 is 10.1 Å². The van der Waals surface area contributed by atoms with Gasteiger partial charge in [0.15, 0.2) is 0 Å². The van der Waals surface area contributed by atoms with Crippen molar-refractivity contribution < 1.29 is 9.53 Å². The monoisotopic (exact) mass is 343 g/mol. The predicted octanol–water partition coefficient (Wildman–Crippen LogP) is 3.28. The van der Waals surface area contributed by atoms with Gasteiger partial charge in [-0.2, -0.15) is 5.10 Å². The minimum Gasteiger partial charge on any atom is -0.494 e. The Labute approximate surface area is 150 Å². The highest BCUT2D eigenvalue weighted by molar-refractivity contribution is 5.79. The molecule has 0 saturated heterocycles. The highest BCUT2D eigenvalue weighted by Gasteiger charge is 2.15. The molecule has 0 aliphatic carbocycles. The number of carbonyl (C=O) groups is 1. The van der Waals surface area contributed by atoms with Crippen molar-refractivity contribution in [3.63, 3.8) is 0 Å². The summed E-state index contributed by atoms with van der Waals surface area (Å²) in [6.45, 7) is 10.4. The van der Waals surface area contributed by atoms with E-state index in [0.29, 0.717) is 25.5 Å². The second-order valence-electron chi connectivity index (χ2n) is 6.77. The number of aromatic nitrogens is 2. The minimum absolute atomic E-state index is 0.0370. The number of hydrogen-bond acceptors (Lipinski definition) is 3. The van der Waals surface area contributed by atoms with Gasteiger partial charge in [0, 0.05) is 24.3 Å². The molecule has 0 aliphatic rings.